The van der Waals surface area contributed by atoms with E-state index in [1.54, 1.807) is 0 Å². The van der Waals surface area contributed by atoms with Crippen molar-refractivity contribution in [3.63, 3.8) is 0 Å². The summed E-state index contributed by atoms with van der Waals surface area (Å²) in [5.74, 6) is 1.80. The van der Waals surface area contributed by atoms with Gasteiger partial charge >= 0.3 is 0 Å². The van der Waals surface area contributed by atoms with E-state index in [2.05, 4.69) is 60.0 Å². The molecule has 3 heteroatoms. The molecule has 0 aliphatic heterocycles. The van der Waals surface area contributed by atoms with E-state index < -0.39 is 0 Å². The van der Waals surface area contributed by atoms with Crippen LogP contribution in [-0.2, 0) is 13.2 Å². The van der Waals surface area contributed by atoms with E-state index in [1.807, 2.05) is 30.3 Å². The van der Waals surface area contributed by atoms with E-state index in [1.165, 1.54) is 11.1 Å². The molecule has 1 heterocycles. The predicted molar refractivity (Wildman–Crippen MR) is 101 cm³/mol. The van der Waals surface area contributed by atoms with E-state index in [4.69, 9.17) is 9.72 Å². The lowest BCUT2D eigenvalue weighted by molar-refractivity contribution is 0.291. The molecule has 0 aliphatic rings. The summed E-state index contributed by atoms with van der Waals surface area (Å²) in [5.41, 5.74) is 4.61. The van der Waals surface area contributed by atoms with Crippen molar-refractivity contribution in [2.24, 2.45) is 0 Å². The van der Waals surface area contributed by atoms with Crippen molar-refractivity contribution in [3.05, 3.63) is 95.8 Å². The van der Waals surface area contributed by atoms with Crippen LogP contribution in [0, 0.1) is 6.92 Å². The topological polar surface area (TPSA) is 27.1 Å². The second kappa shape index (κ2) is 6.81. The SMILES string of the molecule is Cc1ccc(OCc2nc3ccccc3n2Cc2ccccc2)cc1. The maximum Gasteiger partial charge on any atom is 0.148 e. The molecule has 0 unspecified atom stereocenters. The van der Waals surface area contributed by atoms with E-state index in [0.717, 1.165) is 29.2 Å². The molecule has 0 fully saturated rings. The first-order valence-electron chi connectivity index (χ1n) is 8.47. The third-order valence-electron chi connectivity index (χ3n) is 4.31. The van der Waals surface area contributed by atoms with Crippen molar-refractivity contribution in [1.82, 2.24) is 9.55 Å². The van der Waals surface area contributed by atoms with Crippen molar-refractivity contribution in [2.45, 2.75) is 20.1 Å². The zero-order chi connectivity index (χ0) is 17.1. The summed E-state index contributed by atoms with van der Waals surface area (Å²) >= 11 is 0. The van der Waals surface area contributed by atoms with Gasteiger partial charge in [0.25, 0.3) is 0 Å². The zero-order valence-corrected chi connectivity index (χ0v) is 14.2. The lowest BCUT2D eigenvalue weighted by Crippen LogP contribution is -2.08. The minimum atomic E-state index is 0.449. The summed E-state index contributed by atoms with van der Waals surface area (Å²) in [5, 5.41) is 0. The highest BCUT2D eigenvalue weighted by molar-refractivity contribution is 5.76. The van der Waals surface area contributed by atoms with Crippen LogP contribution < -0.4 is 4.74 Å². The number of nitrogens with zero attached hydrogens (tertiary/aromatic N) is 2. The number of fused-ring (bicyclic) bond motifs is 1. The molecular formula is C22H20N2O. The first-order valence-corrected chi connectivity index (χ1v) is 8.47. The molecule has 0 saturated carbocycles. The van der Waals surface area contributed by atoms with Crippen molar-refractivity contribution in [1.29, 1.82) is 0 Å². The average molecular weight is 328 g/mol. The van der Waals surface area contributed by atoms with Gasteiger partial charge in [-0.25, -0.2) is 4.98 Å². The third-order valence-corrected chi connectivity index (χ3v) is 4.31. The number of hydrogen-bond donors (Lipinski definition) is 0. The van der Waals surface area contributed by atoms with Crippen LogP contribution in [0.15, 0.2) is 78.9 Å². The summed E-state index contributed by atoms with van der Waals surface area (Å²) in [6, 6.07) is 26.8. The molecule has 0 aliphatic carbocycles. The van der Waals surface area contributed by atoms with Crippen LogP contribution in [0.2, 0.25) is 0 Å². The van der Waals surface area contributed by atoms with E-state index in [9.17, 15) is 0 Å². The van der Waals surface area contributed by atoms with Crippen LogP contribution in [-0.4, -0.2) is 9.55 Å². The number of benzene rings is 3. The summed E-state index contributed by atoms with van der Waals surface area (Å²) in [4.78, 5) is 4.78. The Kier molecular flexibility index (Phi) is 4.21. The Bertz CT molecular complexity index is 972. The molecule has 4 rings (SSSR count). The highest BCUT2D eigenvalue weighted by Crippen LogP contribution is 2.20. The molecule has 0 spiro atoms. The molecule has 0 amide bonds. The number of rotatable bonds is 5. The normalized spacial score (nSPS) is 10.9. The molecule has 0 atom stereocenters. The van der Waals surface area contributed by atoms with Crippen molar-refractivity contribution in [2.75, 3.05) is 0 Å². The van der Waals surface area contributed by atoms with Crippen molar-refractivity contribution >= 4 is 11.0 Å². The van der Waals surface area contributed by atoms with E-state index >= 15 is 0 Å². The van der Waals surface area contributed by atoms with Gasteiger partial charge < -0.3 is 9.30 Å². The van der Waals surface area contributed by atoms with Crippen LogP contribution in [0.3, 0.4) is 0 Å². The Morgan fingerprint density at radius 2 is 1.56 bits per heavy atom. The number of aromatic nitrogens is 2. The van der Waals surface area contributed by atoms with Gasteiger partial charge in [-0.15, -0.1) is 0 Å². The number of para-hydroxylation sites is 2. The molecule has 0 radical (unpaired) electrons. The smallest absolute Gasteiger partial charge is 0.148 e. The first-order chi connectivity index (χ1) is 12.3. The molecule has 4 aromatic rings. The molecule has 1 aromatic heterocycles. The summed E-state index contributed by atoms with van der Waals surface area (Å²) in [7, 11) is 0. The lowest BCUT2D eigenvalue weighted by Gasteiger charge is -2.11. The Balaban J connectivity index is 1.65. The second-order valence-corrected chi connectivity index (χ2v) is 6.19. The minimum Gasteiger partial charge on any atom is -0.486 e. The van der Waals surface area contributed by atoms with Gasteiger partial charge in [0.1, 0.15) is 18.2 Å². The highest BCUT2D eigenvalue weighted by Gasteiger charge is 2.11. The molecule has 0 saturated heterocycles. The molecule has 3 nitrogen and oxygen atoms in total. The first kappa shape index (κ1) is 15.5. The lowest BCUT2D eigenvalue weighted by atomic mass is 10.2. The average Bonchev–Trinajstić information content (AvgIpc) is 3.00. The number of ether oxygens (including phenoxy) is 1. The van der Waals surface area contributed by atoms with Gasteiger partial charge in [0.2, 0.25) is 0 Å². The fraction of sp³-hybridized carbons (Fsp3) is 0.136. The molecular weight excluding hydrogens is 308 g/mol. The Hall–Kier alpha value is -3.07. The largest absolute Gasteiger partial charge is 0.486 e. The fourth-order valence-corrected chi connectivity index (χ4v) is 2.96. The van der Waals surface area contributed by atoms with Crippen LogP contribution in [0.4, 0.5) is 0 Å². The quantitative estimate of drug-likeness (QED) is 0.517. The van der Waals surface area contributed by atoms with E-state index in [0.29, 0.717) is 6.61 Å². The van der Waals surface area contributed by atoms with Crippen LogP contribution in [0.1, 0.15) is 17.0 Å². The van der Waals surface area contributed by atoms with E-state index in [-0.39, 0.29) is 0 Å². The maximum absolute atomic E-state index is 5.97. The summed E-state index contributed by atoms with van der Waals surface area (Å²) in [6.07, 6.45) is 0. The fourth-order valence-electron chi connectivity index (χ4n) is 2.96. The molecule has 0 bridgehead atoms. The highest BCUT2D eigenvalue weighted by atomic mass is 16.5. The standard InChI is InChI=1S/C22H20N2O/c1-17-11-13-19(14-12-17)25-16-22-23-20-9-5-6-10-21(20)24(22)15-18-7-3-2-4-8-18/h2-14H,15-16H2,1H3. The van der Waals surface area contributed by atoms with Crippen LogP contribution in [0.25, 0.3) is 11.0 Å². The second-order valence-electron chi connectivity index (χ2n) is 6.19. The monoisotopic (exact) mass is 328 g/mol. The summed E-state index contributed by atoms with van der Waals surface area (Å²) in [6.45, 7) is 3.31. The Labute approximate surface area is 147 Å². The van der Waals surface area contributed by atoms with Crippen LogP contribution >= 0.6 is 0 Å². The molecule has 0 N–H and O–H groups in total. The van der Waals surface area contributed by atoms with Gasteiger partial charge in [-0.2, -0.15) is 0 Å². The van der Waals surface area contributed by atoms with Gasteiger partial charge in [-0.1, -0.05) is 60.2 Å². The van der Waals surface area contributed by atoms with Crippen molar-refractivity contribution in [3.8, 4) is 5.75 Å². The van der Waals surface area contributed by atoms with Crippen molar-refractivity contribution < 1.29 is 4.74 Å². The van der Waals surface area contributed by atoms with Gasteiger partial charge in [0.15, 0.2) is 0 Å². The Morgan fingerprint density at radius 1 is 0.840 bits per heavy atom. The van der Waals surface area contributed by atoms with Gasteiger partial charge in [-0.3, -0.25) is 0 Å². The third kappa shape index (κ3) is 3.41. The predicted octanol–water partition coefficient (Wildman–Crippen LogP) is 4.97. The van der Waals surface area contributed by atoms with Crippen LogP contribution in [0.5, 0.6) is 5.75 Å². The number of imidazole rings is 1. The van der Waals surface area contributed by atoms with Gasteiger partial charge in [0, 0.05) is 6.54 Å². The molecule has 25 heavy (non-hydrogen) atoms. The number of hydrogen-bond acceptors (Lipinski definition) is 2. The minimum absolute atomic E-state index is 0.449. The summed E-state index contributed by atoms with van der Waals surface area (Å²) < 4.78 is 8.21. The van der Waals surface area contributed by atoms with Gasteiger partial charge in [-0.05, 0) is 36.8 Å². The maximum atomic E-state index is 5.97. The molecule has 124 valence electrons. The zero-order valence-electron chi connectivity index (χ0n) is 14.2. The molecule has 3 aromatic carbocycles. The Morgan fingerprint density at radius 3 is 2.36 bits per heavy atom. The van der Waals surface area contributed by atoms with Gasteiger partial charge in [0.05, 0.1) is 11.0 Å². The number of aryl methyl sites for hydroxylation is 1.